The molecule has 1 fully saturated rings. The van der Waals surface area contributed by atoms with E-state index in [0.29, 0.717) is 0 Å². The number of hydrogen-bond acceptors (Lipinski definition) is 3. The average molecular weight is 193 g/mol. The zero-order chi connectivity index (χ0) is 9.97. The summed E-state index contributed by atoms with van der Waals surface area (Å²) >= 11 is 0. The van der Waals surface area contributed by atoms with Crippen molar-refractivity contribution in [3.63, 3.8) is 0 Å². The van der Waals surface area contributed by atoms with E-state index in [4.69, 9.17) is 0 Å². The van der Waals surface area contributed by atoms with Crippen molar-refractivity contribution in [2.24, 2.45) is 13.0 Å². The third-order valence-electron chi connectivity index (χ3n) is 2.71. The lowest BCUT2D eigenvalue weighted by Crippen LogP contribution is -2.35. The first-order valence-corrected chi connectivity index (χ1v) is 4.98. The summed E-state index contributed by atoms with van der Waals surface area (Å²) in [5.74, 6) is 0.198. The molecule has 2 heterocycles. The first-order valence-electron chi connectivity index (χ1n) is 4.98. The zero-order valence-corrected chi connectivity index (χ0v) is 8.39. The molecule has 0 aliphatic carbocycles. The standard InChI is InChI=1S/C10H15N3O/c1-12-7-10(5-11-12)13-4-2-3-9(6-13)8-14/h5,7-9H,2-4,6H2,1H3. The Morgan fingerprint density at radius 2 is 2.50 bits per heavy atom. The summed E-state index contributed by atoms with van der Waals surface area (Å²) in [6.07, 6.45) is 7.04. The second-order valence-electron chi connectivity index (χ2n) is 3.86. The van der Waals surface area contributed by atoms with Crippen molar-refractivity contribution in [2.45, 2.75) is 12.8 Å². The number of carbonyl (C=O) groups excluding carboxylic acids is 1. The lowest BCUT2D eigenvalue weighted by molar-refractivity contribution is -0.111. The summed E-state index contributed by atoms with van der Waals surface area (Å²) in [6, 6.07) is 0. The normalized spacial score (nSPS) is 22.4. The van der Waals surface area contributed by atoms with Crippen LogP contribution in [0.5, 0.6) is 0 Å². The van der Waals surface area contributed by atoms with Crippen LogP contribution in [-0.4, -0.2) is 29.2 Å². The summed E-state index contributed by atoms with van der Waals surface area (Å²) in [5, 5.41) is 4.13. The van der Waals surface area contributed by atoms with Crippen molar-refractivity contribution < 1.29 is 4.79 Å². The molecule has 1 aliphatic rings. The predicted molar refractivity (Wildman–Crippen MR) is 54.2 cm³/mol. The minimum absolute atomic E-state index is 0.198. The molecule has 0 bridgehead atoms. The second-order valence-corrected chi connectivity index (χ2v) is 3.86. The molecule has 0 N–H and O–H groups in total. The Kier molecular flexibility index (Phi) is 2.52. The molecule has 4 nitrogen and oxygen atoms in total. The number of aldehydes is 1. The third kappa shape index (κ3) is 1.78. The lowest BCUT2D eigenvalue weighted by atomic mass is 10.00. The zero-order valence-electron chi connectivity index (χ0n) is 8.39. The van der Waals surface area contributed by atoms with Crippen molar-refractivity contribution in [1.82, 2.24) is 9.78 Å². The Morgan fingerprint density at radius 3 is 3.14 bits per heavy atom. The number of aromatic nitrogens is 2. The van der Waals surface area contributed by atoms with Crippen LogP contribution in [0.15, 0.2) is 12.4 Å². The van der Waals surface area contributed by atoms with E-state index in [2.05, 4.69) is 10.00 Å². The van der Waals surface area contributed by atoms with Gasteiger partial charge in [0.2, 0.25) is 0 Å². The number of piperidine rings is 1. The fourth-order valence-electron chi connectivity index (χ4n) is 1.93. The van der Waals surface area contributed by atoms with Crippen LogP contribution in [0.2, 0.25) is 0 Å². The van der Waals surface area contributed by atoms with Gasteiger partial charge < -0.3 is 9.69 Å². The number of rotatable bonds is 2. The van der Waals surface area contributed by atoms with Crippen LogP contribution in [0, 0.1) is 5.92 Å². The van der Waals surface area contributed by atoms with Crippen molar-refractivity contribution >= 4 is 12.0 Å². The van der Waals surface area contributed by atoms with Crippen LogP contribution < -0.4 is 4.90 Å². The van der Waals surface area contributed by atoms with Gasteiger partial charge in [-0.3, -0.25) is 4.68 Å². The molecule has 1 atom stereocenters. The van der Waals surface area contributed by atoms with E-state index < -0.39 is 0 Å². The van der Waals surface area contributed by atoms with Crippen LogP contribution in [0.3, 0.4) is 0 Å². The summed E-state index contributed by atoms with van der Waals surface area (Å²) < 4.78 is 1.79. The average Bonchev–Trinajstić information content (AvgIpc) is 2.65. The van der Waals surface area contributed by atoms with Gasteiger partial charge in [0.1, 0.15) is 6.29 Å². The van der Waals surface area contributed by atoms with Crippen molar-refractivity contribution in [3.8, 4) is 0 Å². The Hall–Kier alpha value is -1.32. The van der Waals surface area contributed by atoms with Gasteiger partial charge in [0, 0.05) is 32.3 Å². The molecule has 1 saturated heterocycles. The maximum absolute atomic E-state index is 10.7. The van der Waals surface area contributed by atoms with Gasteiger partial charge >= 0.3 is 0 Å². The first kappa shape index (κ1) is 9.24. The van der Waals surface area contributed by atoms with Gasteiger partial charge in [0.05, 0.1) is 11.9 Å². The highest BCUT2D eigenvalue weighted by Gasteiger charge is 2.19. The Balaban J connectivity index is 2.07. The van der Waals surface area contributed by atoms with E-state index >= 15 is 0 Å². The molecule has 2 rings (SSSR count). The minimum Gasteiger partial charge on any atom is -0.368 e. The summed E-state index contributed by atoms with van der Waals surface area (Å²) in [7, 11) is 1.91. The van der Waals surface area contributed by atoms with Crippen molar-refractivity contribution in [1.29, 1.82) is 0 Å². The first-order chi connectivity index (χ1) is 6.79. The number of anilines is 1. The van der Waals surface area contributed by atoms with Crippen LogP contribution in [0.1, 0.15) is 12.8 Å². The smallest absolute Gasteiger partial charge is 0.124 e. The topological polar surface area (TPSA) is 38.1 Å². The van der Waals surface area contributed by atoms with Crippen LogP contribution >= 0.6 is 0 Å². The number of hydrogen-bond donors (Lipinski definition) is 0. The molecule has 1 aromatic heterocycles. The predicted octanol–water partition coefficient (Wildman–Crippen LogP) is 0.835. The summed E-state index contributed by atoms with van der Waals surface area (Å²) in [4.78, 5) is 12.9. The molecular formula is C10H15N3O. The van der Waals surface area contributed by atoms with E-state index in [9.17, 15) is 4.79 Å². The SMILES string of the molecule is Cn1cc(N2CCCC(C=O)C2)cn1. The maximum Gasteiger partial charge on any atom is 0.124 e. The highest BCUT2D eigenvalue weighted by Crippen LogP contribution is 2.21. The van der Waals surface area contributed by atoms with E-state index in [1.807, 2.05) is 19.4 Å². The number of aryl methyl sites for hydroxylation is 1. The van der Waals surface area contributed by atoms with Crippen LogP contribution in [0.4, 0.5) is 5.69 Å². The molecule has 1 unspecified atom stereocenters. The highest BCUT2D eigenvalue weighted by molar-refractivity contribution is 5.56. The molecule has 0 amide bonds. The van der Waals surface area contributed by atoms with Gasteiger partial charge in [-0.2, -0.15) is 5.10 Å². The molecule has 76 valence electrons. The van der Waals surface area contributed by atoms with Crippen molar-refractivity contribution in [3.05, 3.63) is 12.4 Å². The van der Waals surface area contributed by atoms with E-state index in [1.54, 1.807) is 4.68 Å². The molecule has 1 aliphatic heterocycles. The van der Waals surface area contributed by atoms with E-state index in [0.717, 1.165) is 37.9 Å². The fourth-order valence-corrected chi connectivity index (χ4v) is 1.93. The number of carbonyl (C=O) groups is 1. The molecule has 0 aromatic carbocycles. The molecule has 0 spiro atoms. The third-order valence-corrected chi connectivity index (χ3v) is 2.71. The molecule has 0 saturated carbocycles. The molecule has 14 heavy (non-hydrogen) atoms. The molecular weight excluding hydrogens is 178 g/mol. The van der Waals surface area contributed by atoms with Gasteiger partial charge in [0.25, 0.3) is 0 Å². The van der Waals surface area contributed by atoms with Gasteiger partial charge in [-0.15, -0.1) is 0 Å². The summed E-state index contributed by atoms with van der Waals surface area (Å²) in [6.45, 7) is 1.88. The van der Waals surface area contributed by atoms with E-state index in [1.165, 1.54) is 0 Å². The summed E-state index contributed by atoms with van der Waals surface area (Å²) in [5.41, 5.74) is 1.12. The molecule has 0 radical (unpaired) electrons. The van der Waals surface area contributed by atoms with Gasteiger partial charge in [-0.05, 0) is 12.8 Å². The second kappa shape index (κ2) is 3.82. The largest absolute Gasteiger partial charge is 0.368 e. The maximum atomic E-state index is 10.7. The van der Waals surface area contributed by atoms with Crippen LogP contribution in [0.25, 0.3) is 0 Å². The van der Waals surface area contributed by atoms with Gasteiger partial charge in [-0.25, -0.2) is 0 Å². The molecule has 1 aromatic rings. The Bertz CT molecular complexity index is 321. The number of nitrogens with zero attached hydrogens (tertiary/aromatic N) is 3. The Labute approximate surface area is 83.5 Å². The van der Waals surface area contributed by atoms with E-state index in [-0.39, 0.29) is 5.92 Å². The lowest BCUT2D eigenvalue weighted by Gasteiger charge is -2.30. The highest BCUT2D eigenvalue weighted by atomic mass is 16.1. The quantitative estimate of drug-likeness (QED) is 0.653. The van der Waals surface area contributed by atoms with Gasteiger partial charge in [-0.1, -0.05) is 0 Å². The van der Waals surface area contributed by atoms with Gasteiger partial charge in [0.15, 0.2) is 0 Å². The monoisotopic (exact) mass is 193 g/mol. The minimum atomic E-state index is 0.198. The Morgan fingerprint density at radius 1 is 1.64 bits per heavy atom. The van der Waals surface area contributed by atoms with Crippen molar-refractivity contribution in [2.75, 3.05) is 18.0 Å². The molecule has 4 heteroatoms. The van der Waals surface area contributed by atoms with Crippen LogP contribution in [-0.2, 0) is 11.8 Å². The fraction of sp³-hybridized carbons (Fsp3) is 0.600.